The summed E-state index contributed by atoms with van der Waals surface area (Å²) >= 11 is 0. The predicted octanol–water partition coefficient (Wildman–Crippen LogP) is 1.56. The Morgan fingerprint density at radius 3 is 2.50 bits per heavy atom. The summed E-state index contributed by atoms with van der Waals surface area (Å²) in [5.74, 6) is -0.179. The maximum atomic E-state index is 12.8. The predicted molar refractivity (Wildman–Crippen MR) is 75.7 cm³/mol. The maximum Gasteiger partial charge on any atom is 0.236 e. The fourth-order valence-electron chi connectivity index (χ4n) is 3.46. The van der Waals surface area contributed by atoms with Crippen molar-refractivity contribution in [2.45, 2.75) is 26.3 Å². The van der Waals surface area contributed by atoms with Crippen LogP contribution in [0.15, 0.2) is 30.3 Å². The molecule has 0 aromatic heterocycles. The number of nitrogens with zero attached hydrogens (tertiary/aromatic N) is 1. The Hall–Kier alpha value is -1.68. The monoisotopic (exact) mass is 272 g/mol. The van der Waals surface area contributed by atoms with Crippen molar-refractivity contribution in [3.63, 3.8) is 0 Å². The standard InChI is InChI=1S/C16H20N2O2/c1-12-14(19)18(11-13-5-3-2-4-6-13)15(20)16(12)7-9-17-10-8-16/h2-6,12,17H,7-11H2,1H3. The number of amides is 2. The van der Waals surface area contributed by atoms with Gasteiger partial charge in [-0.25, -0.2) is 0 Å². The van der Waals surface area contributed by atoms with Gasteiger partial charge in [0.25, 0.3) is 0 Å². The highest BCUT2D eigenvalue weighted by Crippen LogP contribution is 2.45. The largest absolute Gasteiger partial charge is 0.317 e. The molecule has 0 radical (unpaired) electrons. The molecular formula is C16H20N2O2. The van der Waals surface area contributed by atoms with Gasteiger partial charge in [0.2, 0.25) is 11.8 Å². The van der Waals surface area contributed by atoms with Gasteiger partial charge in [-0.3, -0.25) is 14.5 Å². The third kappa shape index (κ3) is 1.95. The van der Waals surface area contributed by atoms with Crippen LogP contribution in [0.2, 0.25) is 0 Å². The van der Waals surface area contributed by atoms with Crippen LogP contribution in [0.4, 0.5) is 0 Å². The Morgan fingerprint density at radius 1 is 1.20 bits per heavy atom. The molecule has 2 aliphatic rings. The van der Waals surface area contributed by atoms with Gasteiger partial charge in [0, 0.05) is 0 Å². The van der Waals surface area contributed by atoms with Crippen LogP contribution >= 0.6 is 0 Å². The molecule has 1 atom stereocenters. The normalized spacial score (nSPS) is 25.4. The van der Waals surface area contributed by atoms with Gasteiger partial charge in [-0.15, -0.1) is 0 Å². The summed E-state index contributed by atoms with van der Waals surface area (Å²) < 4.78 is 0. The second-order valence-electron chi connectivity index (χ2n) is 5.84. The first-order valence-electron chi connectivity index (χ1n) is 7.25. The lowest BCUT2D eigenvalue weighted by atomic mass is 9.71. The minimum atomic E-state index is -0.461. The summed E-state index contributed by atoms with van der Waals surface area (Å²) in [4.78, 5) is 26.7. The van der Waals surface area contributed by atoms with Gasteiger partial charge < -0.3 is 5.32 Å². The van der Waals surface area contributed by atoms with E-state index in [1.807, 2.05) is 37.3 Å². The number of likely N-dealkylation sites (tertiary alicyclic amines) is 1. The van der Waals surface area contributed by atoms with E-state index in [9.17, 15) is 9.59 Å². The van der Waals surface area contributed by atoms with E-state index >= 15 is 0 Å². The zero-order valence-corrected chi connectivity index (χ0v) is 11.8. The van der Waals surface area contributed by atoms with E-state index in [0.29, 0.717) is 6.54 Å². The molecule has 20 heavy (non-hydrogen) atoms. The third-order valence-corrected chi connectivity index (χ3v) is 4.82. The van der Waals surface area contributed by atoms with Crippen molar-refractivity contribution < 1.29 is 9.59 Å². The molecule has 1 aromatic carbocycles. The number of carbonyl (C=O) groups is 2. The molecule has 0 saturated carbocycles. The highest BCUT2D eigenvalue weighted by molar-refractivity contribution is 6.07. The number of nitrogens with one attached hydrogen (secondary N) is 1. The van der Waals surface area contributed by atoms with E-state index < -0.39 is 5.41 Å². The van der Waals surface area contributed by atoms with Crippen LogP contribution in [-0.2, 0) is 16.1 Å². The van der Waals surface area contributed by atoms with E-state index in [2.05, 4.69) is 5.32 Å². The highest BCUT2D eigenvalue weighted by Gasteiger charge is 2.56. The highest BCUT2D eigenvalue weighted by atomic mass is 16.2. The van der Waals surface area contributed by atoms with Gasteiger partial charge in [0.1, 0.15) is 0 Å². The summed E-state index contributed by atoms with van der Waals surface area (Å²) in [6, 6.07) is 9.72. The lowest BCUT2D eigenvalue weighted by Crippen LogP contribution is -2.44. The molecule has 106 valence electrons. The summed E-state index contributed by atoms with van der Waals surface area (Å²) in [7, 11) is 0. The number of piperidine rings is 1. The van der Waals surface area contributed by atoms with Crippen LogP contribution in [-0.4, -0.2) is 29.8 Å². The van der Waals surface area contributed by atoms with Crippen LogP contribution < -0.4 is 5.32 Å². The summed E-state index contributed by atoms with van der Waals surface area (Å²) in [5.41, 5.74) is 0.546. The minimum absolute atomic E-state index is 0.0132. The lowest BCUT2D eigenvalue weighted by Gasteiger charge is -2.34. The van der Waals surface area contributed by atoms with Crippen molar-refractivity contribution in [2.24, 2.45) is 11.3 Å². The zero-order chi connectivity index (χ0) is 14.2. The minimum Gasteiger partial charge on any atom is -0.317 e. The number of hydrogen-bond donors (Lipinski definition) is 1. The van der Waals surface area contributed by atoms with Crippen molar-refractivity contribution in [1.82, 2.24) is 10.2 Å². The van der Waals surface area contributed by atoms with Crippen molar-refractivity contribution in [2.75, 3.05) is 13.1 Å². The molecule has 1 spiro atoms. The second-order valence-corrected chi connectivity index (χ2v) is 5.84. The summed E-state index contributed by atoms with van der Waals surface area (Å²) in [6.45, 7) is 3.96. The fraction of sp³-hybridized carbons (Fsp3) is 0.500. The molecule has 2 fully saturated rings. The van der Waals surface area contributed by atoms with Crippen molar-refractivity contribution in [3.05, 3.63) is 35.9 Å². The van der Waals surface area contributed by atoms with E-state index in [1.165, 1.54) is 4.90 Å². The van der Waals surface area contributed by atoms with Crippen LogP contribution in [0, 0.1) is 11.3 Å². The topological polar surface area (TPSA) is 49.4 Å². The first-order chi connectivity index (χ1) is 9.65. The van der Waals surface area contributed by atoms with Crippen LogP contribution in [0.3, 0.4) is 0 Å². The first kappa shape index (κ1) is 13.3. The number of benzene rings is 1. The first-order valence-corrected chi connectivity index (χ1v) is 7.25. The molecule has 0 aliphatic carbocycles. The zero-order valence-electron chi connectivity index (χ0n) is 11.8. The molecule has 2 heterocycles. The second kappa shape index (κ2) is 5.02. The molecule has 4 heteroatoms. The van der Waals surface area contributed by atoms with Crippen molar-refractivity contribution in [1.29, 1.82) is 0 Å². The molecular weight excluding hydrogens is 252 g/mol. The van der Waals surface area contributed by atoms with Gasteiger partial charge in [0.15, 0.2) is 0 Å². The van der Waals surface area contributed by atoms with Crippen LogP contribution in [0.5, 0.6) is 0 Å². The van der Waals surface area contributed by atoms with Crippen molar-refractivity contribution in [3.8, 4) is 0 Å². The lowest BCUT2D eigenvalue weighted by molar-refractivity contribution is -0.142. The van der Waals surface area contributed by atoms with Crippen molar-refractivity contribution >= 4 is 11.8 Å². The van der Waals surface area contributed by atoms with Gasteiger partial charge >= 0.3 is 0 Å². The Morgan fingerprint density at radius 2 is 1.85 bits per heavy atom. The number of rotatable bonds is 2. The molecule has 2 saturated heterocycles. The average molecular weight is 272 g/mol. The van der Waals surface area contributed by atoms with E-state index in [0.717, 1.165) is 31.5 Å². The van der Waals surface area contributed by atoms with E-state index in [1.54, 1.807) is 0 Å². The Kier molecular flexibility index (Phi) is 3.34. The van der Waals surface area contributed by atoms with E-state index in [4.69, 9.17) is 0 Å². The molecule has 1 unspecified atom stereocenters. The smallest absolute Gasteiger partial charge is 0.236 e. The molecule has 3 rings (SSSR count). The van der Waals surface area contributed by atoms with Crippen LogP contribution in [0.25, 0.3) is 0 Å². The SMILES string of the molecule is CC1C(=O)N(Cc2ccccc2)C(=O)C12CCNCC2. The van der Waals surface area contributed by atoms with Gasteiger partial charge in [0.05, 0.1) is 17.9 Å². The molecule has 4 nitrogen and oxygen atoms in total. The van der Waals surface area contributed by atoms with E-state index in [-0.39, 0.29) is 17.7 Å². The molecule has 0 bridgehead atoms. The molecule has 2 amide bonds. The third-order valence-electron chi connectivity index (χ3n) is 4.82. The molecule has 1 aromatic rings. The van der Waals surface area contributed by atoms with Gasteiger partial charge in [-0.1, -0.05) is 37.3 Å². The Bertz CT molecular complexity index is 521. The summed E-state index contributed by atoms with van der Waals surface area (Å²) in [5, 5.41) is 3.27. The quantitative estimate of drug-likeness (QED) is 0.831. The number of imide groups is 1. The molecule has 2 aliphatic heterocycles. The number of hydrogen-bond acceptors (Lipinski definition) is 3. The number of carbonyl (C=O) groups excluding carboxylic acids is 2. The average Bonchev–Trinajstić information content (AvgIpc) is 2.66. The fourth-order valence-corrected chi connectivity index (χ4v) is 3.46. The Labute approximate surface area is 119 Å². The van der Waals surface area contributed by atoms with Crippen LogP contribution in [0.1, 0.15) is 25.3 Å². The van der Waals surface area contributed by atoms with Gasteiger partial charge in [-0.2, -0.15) is 0 Å². The Balaban J connectivity index is 1.86. The summed E-state index contributed by atoms with van der Waals surface area (Å²) in [6.07, 6.45) is 1.54. The van der Waals surface area contributed by atoms with Gasteiger partial charge in [-0.05, 0) is 31.5 Å². The maximum absolute atomic E-state index is 12.8. The molecule has 1 N–H and O–H groups in total.